The summed E-state index contributed by atoms with van der Waals surface area (Å²) in [6, 6.07) is 0.165. The quantitative estimate of drug-likeness (QED) is 0.635. The van der Waals surface area contributed by atoms with E-state index in [0.717, 1.165) is 6.54 Å². The molecule has 2 N–H and O–H groups in total. The Bertz CT molecular complexity index is 255. The van der Waals surface area contributed by atoms with Crippen molar-refractivity contribution in [2.75, 3.05) is 18.8 Å². The summed E-state index contributed by atoms with van der Waals surface area (Å²) in [4.78, 5) is 0. The molecule has 15 heavy (non-hydrogen) atoms. The van der Waals surface area contributed by atoms with Crippen molar-refractivity contribution in [1.82, 2.24) is 10.0 Å². The van der Waals surface area contributed by atoms with Gasteiger partial charge in [-0.15, -0.1) is 19.0 Å². The Morgan fingerprint density at radius 3 is 2.53 bits per heavy atom. The van der Waals surface area contributed by atoms with E-state index in [2.05, 4.69) is 16.6 Å². The Kier molecular flexibility index (Phi) is 10.6. The van der Waals surface area contributed by atoms with E-state index in [-0.39, 0.29) is 24.2 Å². The third kappa shape index (κ3) is 10.2. The summed E-state index contributed by atoms with van der Waals surface area (Å²) in [5, 5.41) is 3.13. The normalized spacial score (nSPS) is 12.9. The van der Waals surface area contributed by atoms with Gasteiger partial charge in [-0.05, 0) is 19.9 Å². The van der Waals surface area contributed by atoms with Crippen LogP contribution in [0.2, 0.25) is 0 Å². The molecule has 0 bridgehead atoms. The number of rotatable bonds is 8. The van der Waals surface area contributed by atoms with E-state index in [0.29, 0.717) is 13.0 Å². The summed E-state index contributed by atoms with van der Waals surface area (Å²) in [5.41, 5.74) is 0. The predicted molar refractivity (Wildman–Crippen MR) is 67.0 cm³/mol. The number of nitrogens with one attached hydrogen (secondary N) is 2. The third-order valence-corrected chi connectivity index (χ3v) is 3.13. The molecule has 0 amide bonds. The third-order valence-electron chi connectivity index (χ3n) is 1.75. The van der Waals surface area contributed by atoms with E-state index in [1.54, 1.807) is 6.08 Å². The highest BCUT2D eigenvalue weighted by atomic mass is 35.5. The van der Waals surface area contributed by atoms with Gasteiger partial charge in [0.05, 0.1) is 5.75 Å². The van der Waals surface area contributed by atoms with Gasteiger partial charge in [-0.3, -0.25) is 0 Å². The zero-order valence-corrected chi connectivity index (χ0v) is 11.0. The highest BCUT2D eigenvalue weighted by Gasteiger charge is 2.09. The van der Waals surface area contributed by atoms with E-state index >= 15 is 0 Å². The van der Waals surface area contributed by atoms with Crippen LogP contribution in [-0.2, 0) is 10.0 Å². The molecule has 0 saturated heterocycles. The van der Waals surface area contributed by atoms with Crippen molar-refractivity contribution in [3.63, 3.8) is 0 Å². The van der Waals surface area contributed by atoms with Crippen LogP contribution in [0.1, 0.15) is 20.3 Å². The van der Waals surface area contributed by atoms with Crippen LogP contribution in [0.3, 0.4) is 0 Å². The molecule has 92 valence electrons. The fourth-order valence-electron chi connectivity index (χ4n) is 0.983. The molecule has 4 nitrogen and oxygen atoms in total. The number of allylic oxidation sites excluding steroid dienone is 1. The zero-order valence-electron chi connectivity index (χ0n) is 9.32. The molecule has 0 aliphatic carbocycles. The first-order chi connectivity index (χ1) is 6.52. The molecule has 0 aliphatic rings. The molecule has 0 rings (SSSR count). The van der Waals surface area contributed by atoms with Gasteiger partial charge < -0.3 is 5.32 Å². The summed E-state index contributed by atoms with van der Waals surface area (Å²) in [5.74, 6) is 0.120. The lowest BCUT2D eigenvalue weighted by Crippen LogP contribution is -2.39. The van der Waals surface area contributed by atoms with E-state index in [4.69, 9.17) is 0 Å². The van der Waals surface area contributed by atoms with Crippen molar-refractivity contribution >= 4 is 22.4 Å². The van der Waals surface area contributed by atoms with Crippen LogP contribution in [0.4, 0.5) is 0 Å². The minimum absolute atomic E-state index is 0. The second-order valence-corrected chi connectivity index (χ2v) is 5.13. The second kappa shape index (κ2) is 9.15. The fourth-order valence-corrected chi connectivity index (χ4v) is 2.11. The standard InChI is InChI=1S/C9H20N2O2S.ClH/c1-4-6-7-14(12,13)11-8-9(3)10-5-2;/h4,9-11H,1,5-8H2,2-3H3;1H/t9-;/m1./s1. The van der Waals surface area contributed by atoms with E-state index < -0.39 is 10.0 Å². The molecule has 0 saturated carbocycles. The van der Waals surface area contributed by atoms with E-state index in [1.165, 1.54) is 0 Å². The zero-order chi connectivity index (χ0) is 11.0. The molecular formula is C9H21ClN2O2S. The molecule has 0 aromatic rings. The van der Waals surface area contributed by atoms with Crippen molar-refractivity contribution in [2.24, 2.45) is 0 Å². The molecule has 6 heteroatoms. The SMILES string of the molecule is C=CCCS(=O)(=O)NC[C@@H](C)NCC.Cl. The Labute approximate surface area is 99.0 Å². The predicted octanol–water partition coefficient (Wildman–Crippen LogP) is 0.902. The van der Waals surface area contributed by atoms with Crippen LogP contribution >= 0.6 is 12.4 Å². The molecule has 0 radical (unpaired) electrons. The van der Waals surface area contributed by atoms with Crippen LogP contribution in [0.15, 0.2) is 12.7 Å². The maximum atomic E-state index is 11.3. The lowest BCUT2D eigenvalue weighted by Gasteiger charge is -2.12. The molecule has 0 fully saturated rings. The average molecular weight is 257 g/mol. The maximum absolute atomic E-state index is 11.3. The fraction of sp³-hybridized carbons (Fsp3) is 0.778. The summed E-state index contributed by atoms with van der Waals surface area (Å²) in [6.45, 7) is 8.70. The lowest BCUT2D eigenvalue weighted by molar-refractivity contribution is 0.536. The van der Waals surface area contributed by atoms with Crippen LogP contribution in [0.5, 0.6) is 0 Å². The summed E-state index contributed by atoms with van der Waals surface area (Å²) in [6.07, 6.45) is 2.10. The molecule has 0 aromatic carbocycles. The maximum Gasteiger partial charge on any atom is 0.211 e. The minimum atomic E-state index is -3.12. The molecular weight excluding hydrogens is 236 g/mol. The van der Waals surface area contributed by atoms with Gasteiger partial charge >= 0.3 is 0 Å². The van der Waals surface area contributed by atoms with Crippen molar-refractivity contribution in [2.45, 2.75) is 26.3 Å². The van der Waals surface area contributed by atoms with Gasteiger partial charge in [-0.2, -0.15) is 0 Å². The van der Waals surface area contributed by atoms with Gasteiger partial charge in [0.25, 0.3) is 0 Å². The van der Waals surface area contributed by atoms with Crippen LogP contribution < -0.4 is 10.0 Å². The number of sulfonamides is 1. The van der Waals surface area contributed by atoms with Crippen molar-refractivity contribution in [1.29, 1.82) is 0 Å². The first-order valence-corrected chi connectivity index (χ1v) is 6.48. The average Bonchev–Trinajstić information content (AvgIpc) is 2.13. The molecule has 0 heterocycles. The van der Waals surface area contributed by atoms with Crippen molar-refractivity contribution < 1.29 is 8.42 Å². The number of likely N-dealkylation sites (N-methyl/N-ethyl adjacent to an activating group) is 1. The monoisotopic (exact) mass is 256 g/mol. The van der Waals surface area contributed by atoms with Crippen molar-refractivity contribution in [3.05, 3.63) is 12.7 Å². The first kappa shape index (κ1) is 17.3. The lowest BCUT2D eigenvalue weighted by atomic mass is 10.3. The Morgan fingerprint density at radius 2 is 2.07 bits per heavy atom. The van der Waals surface area contributed by atoms with E-state index in [9.17, 15) is 8.42 Å². The van der Waals surface area contributed by atoms with Gasteiger partial charge in [0.2, 0.25) is 10.0 Å². The van der Waals surface area contributed by atoms with Gasteiger partial charge in [0.15, 0.2) is 0 Å². The Hall–Kier alpha value is -0.100. The largest absolute Gasteiger partial charge is 0.313 e. The molecule has 0 unspecified atom stereocenters. The van der Waals surface area contributed by atoms with Crippen LogP contribution in [-0.4, -0.2) is 33.3 Å². The molecule has 1 atom stereocenters. The van der Waals surface area contributed by atoms with Gasteiger partial charge in [-0.25, -0.2) is 13.1 Å². The smallest absolute Gasteiger partial charge is 0.211 e. The summed E-state index contributed by atoms with van der Waals surface area (Å²) in [7, 11) is -3.12. The minimum Gasteiger partial charge on any atom is -0.313 e. The van der Waals surface area contributed by atoms with Crippen LogP contribution in [0, 0.1) is 0 Å². The molecule has 0 aromatic heterocycles. The van der Waals surface area contributed by atoms with Gasteiger partial charge in [0.1, 0.15) is 0 Å². The first-order valence-electron chi connectivity index (χ1n) is 4.83. The van der Waals surface area contributed by atoms with Crippen LogP contribution in [0.25, 0.3) is 0 Å². The number of halogens is 1. The second-order valence-electron chi connectivity index (χ2n) is 3.20. The number of hydrogen-bond donors (Lipinski definition) is 2. The molecule has 0 spiro atoms. The van der Waals surface area contributed by atoms with Gasteiger partial charge in [0, 0.05) is 12.6 Å². The van der Waals surface area contributed by atoms with Gasteiger partial charge in [-0.1, -0.05) is 13.0 Å². The highest BCUT2D eigenvalue weighted by Crippen LogP contribution is 1.90. The topological polar surface area (TPSA) is 58.2 Å². The summed E-state index contributed by atoms with van der Waals surface area (Å²) >= 11 is 0. The highest BCUT2D eigenvalue weighted by molar-refractivity contribution is 7.89. The van der Waals surface area contributed by atoms with Crippen molar-refractivity contribution in [3.8, 4) is 0 Å². The summed E-state index contributed by atoms with van der Waals surface area (Å²) < 4.78 is 25.2. The Morgan fingerprint density at radius 1 is 1.47 bits per heavy atom. The van der Waals surface area contributed by atoms with E-state index in [1.807, 2.05) is 13.8 Å². The number of hydrogen-bond acceptors (Lipinski definition) is 3. The Balaban J connectivity index is 0. The molecule has 0 aliphatic heterocycles.